The lowest BCUT2D eigenvalue weighted by Crippen LogP contribution is -2.30. The Morgan fingerprint density at radius 2 is 2.38 bits per heavy atom. The summed E-state index contributed by atoms with van der Waals surface area (Å²) in [7, 11) is 0. The second-order valence-electron chi connectivity index (χ2n) is 2.42. The minimum absolute atomic E-state index is 0.00546. The number of carbonyl (C=O) groups excluding carboxylic acids is 1. The molecule has 0 saturated heterocycles. The van der Waals surface area contributed by atoms with Gasteiger partial charge in [0.15, 0.2) is 6.07 Å². The molecule has 1 amide bonds. The molecule has 5 nitrogen and oxygen atoms in total. The summed E-state index contributed by atoms with van der Waals surface area (Å²) in [6.07, 6.45) is 1.14. The van der Waals surface area contributed by atoms with Crippen LogP contribution in [0.5, 0.6) is 0 Å². The zero-order valence-corrected chi connectivity index (χ0v) is 6.94. The highest BCUT2D eigenvalue weighted by atomic mass is 16.5. The summed E-state index contributed by atoms with van der Waals surface area (Å²) in [5, 5.41) is 21.9. The summed E-state index contributed by atoms with van der Waals surface area (Å²) in [6, 6.07) is 4.55. The maximum atomic E-state index is 11.0. The van der Waals surface area contributed by atoms with Crippen molar-refractivity contribution in [2.45, 2.75) is 6.92 Å². The Balaban J connectivity index is 2.97. The van der Waals surface area contributed by atoms with Crippen molar-refractivity contribution in [3.05, 3.63) is 29.2 Å². The number of aromatic nitrogens is 1. The predicted molar refractivity (Wildman–Crippen MR) is 44.4 cm³/mol. The van der Waals surface area contributed by atoms with Crippen molar-refractivity contribution < 1.29 is 9.52 Å². The summed E-state index contributed by atoms with van der Waals surface area (Å²) >= 11 is 0. The zero-order chi connectivity index (χ0) is 9.84. The lowest BCUT2D eigenvalue weighted by molar-refractivity contribution is -0.607. The third-order valence-electron chi connectivity index (χ3n) is 1.35. The van der Waals surface area contributed by atoms with Crippen LogP contribution in [0.3, 0.4) is 0 Å². The van der Waals surface area contributed by atoms with E-state index in [4.69, 9.17) is 5.26 Å². The first kappa shape index (κ1) is 9.00. The number of nitriles is 1. The van der Waals surface area contributed by atoms with Crippen molar-refractivity contribution in [2.24, 2.45) is 0 Å². The van der Waals surface area contributed by atoms with E-state index in [2.05, 4.69) is 5.32 Å². The van der Waals surface area contributed by atoms with Crippen LogP contribution in [-0.2, 0) is 4.79 Å². The molecule has 0 saturated carbocycles. The highest BCUT2D eigenvalue weighted by molar-refractivity contribution is 5.88. The van der Waals surface area contributed by atoms with E-state index in [-0.39, 0.29) is 11.6 Å². The fourth-order valence-electron chi connectivity index (χ4n) is 0.845. The molecule has 0 fully saturated rings. The molecule has 13 heavy (non-hydrogen) atoms. The van der Waals surface area contributed by atoms with E-state index in [9.17, 15) is 10.0 Å². The lowest BCUT2D eigenvalue weighted by Gasteiger charge is -2.02. The molecule has 0 aromatic carbocycles. The number of carbonyl (C=O) groups is 1. The third-order valence-corrected chi connectivity index (χ3v) is 1.35. The number of pyridine rings is 1. The predicted octanol–water partition coefficient (Wildman–Crippen LogP) is 0.150. The standard InChI is InChI=1S/C8H7N3O2/c1-6(12)10-7-2-3-8(4-9)11(13)5-7/h2-3,5H,1H3,(H,10,12). The van der Waals surface area contributed by atoms with Crippen molar-refractivity contribution in [1.29, 1.82) is 5.26 Å². The summed E-state index contributed by atoms with van der Waals surface area (Å²) in [5.41, 5.74) is 0.371. The first-order valence-electron chi connectivity index (χ1n) is 3.54. The number of nitrogens with one attached hydrogen (secondary N) is 1. The van der Waals surface area contributed by atoms with Crippen LogP contribution >= 0.6 is 0 Å². The quantitative estimate of drug-likeness (QED) is 0.489. The van der Waals surface area contributed by atoms with Crippen molar-refractivity contribution >= 4 is 11.6 Å². The molecule has 0 aliphatic carbocycles. The van der Waals surface area contributed by atoms with E-state index in [1.807, 2.05) is 0 Å². The Morgan fingerprint density at radius 3 is 2.85 bits per heavy atom. The third kappa shape index (κ3) is 2.17. The van der Waals surface area contributed by atoms with Gasteiger partial charge in [0.2, 0.25) is 12.1 Å². The van der Waals surface area contributed by atoms with E-state index in [0.717, 1.165) is 6.20 Å². The lowest BCUT2D eigenvalue weighted by atomic mass is 10.3. The minimum atomic E-state index is -0.260. The van der Waals surface area contributed by atoms with Gasteiger partial charge in [-0.05, 0) is 6.07 Å². The smallest absolute Gasteiger partial charge is 0.294 e. The molecule has 0 aliphatic rings. The molecule has 1 aromatic heterocycles. The van der Waals surface area contributed by atoms with Gasteiger partial charge < -0.3 is 10.5 Å². The summed E-state index contributed by atoms with van der Waals surface area (Å²) in [5.74, 6) is -0.260. The molecule has 0 radical (unpaired) electrons. The fourth-order valence-corrected chi connectivity index (χ4v) is 0.845. The molecule has 66 valence electrons. The van der Waals surface area contributed by atoms with Crippen LogP contribution in [0.1, 0.15) is 12.6 Å². The van der Waals surface area contributed by atoms with E-state index in [1.165, 1.54) is 19.1 Å². The second-order valence-corrected chi connectivity index (χ2v) is 2.42. The van der Waals surface area contributed by atoms with E-state index in [1.54, 1.807) is 6.07 Å². The Bertz CT molecular complexity index is 381. The number of anilines is 1. The molecule has 0 atom stereocenters. The van der Waals surface area contributed by atoms with E-state index in [0.29, 0.717) is 10.4 Å². The number of hydrogen-bond acceptors (Lipinski definition) is 3. The van der Waals surface area contributed by atoms with Crippen molar-refractivity contribution in [3.8, 4) is 6.07 Å². The Labute approximate surface area is 74.8 Å². The Hall–Kier alpha value is -2.09. The fraction of sp³-hybridized carbons (Fsp3) is 0.125. The van der Waals surface area contributed by atoms with Gasteiger partial charge in [-0.1, -0.05) is 0 Å². The average Bonchev–Trinajstić information content (AvgIpc) is 2.03. The Kier molecular flexibility index (Phi) is 2.45. The monoisotopic (exact) mass is 177 g/mol. The molecule has 0 spiro atoms. The van der Waals surface area contributed by atoms with Crippen molar-refractivity contribution in [1.82, 2.24) is 0 Å². The molecule has 0 bridgehead atoms. The number of rotatable bonds is 1. The summed E-state index contributed by atoms with van der Waals surface area (Å²) in [4.78, 5) is 10.6. The van der Waals surface area contributed by atoms with Crippen molar-refractivity contribution in [3.63, 3.8) is 0 Å². The molecule has 1 aromatic rings. The second kappa shape index (κ2) is 3.54. The minimum Gasteiger partial charge on any atom is -0.618 e. The molecule has 1 heterocycles. The van der Waals surface area contributed by atoms with Gasteiger partial charge in [-0.25, -0.2) is 0 Å². The first-order chi connectivity index (χ1) is 6.13. The van der Waals surface area contributed by atoms with Gasteiger partial charge in [0.05, 0.1) is 0 Å². The highest BCUT2D eigenvalue weighted by Gasteiger charge is 2.05. The van der Waals surface area contributed by atoms with Gasteiger partial charge >= 0.3 is 0 Å². The van der Waals surface area contributed by atoms with Crippen LogP contribution in [0.25, 0.3) is 0 Å². The maximum absolute atomic E-state index is 11.0. The molecule has 1 rings (SSSR count). The molecular formula is C8H7N3O2. The number of amides is 1. The van der Waals surface area contributed by atoms with Gasteiger partial charge in [-0.15, -0.1) is 0 Å². The van der Waals surface area contributed by atoms with Gasteiger partial charge in [0.25, 0.3) is 5.69 Å². The van der Waals surface area contributed by atoms with Crippen LogP contribution < -0.4 is 10.0 Å². The topological polar surface area (TPSA) is 79.8 Å². The normalized spacial score (nSPS) is 8.92. The van der Waals surface area contributed by atoms with Gasteiger partial charge in [-0.3, -0.25) is 4.79 Å². The van der Waals surface area contributed by atoms with Gasteiger partial charge in [0.1, 0.15) is 5.69 Å². The van der Waals surface area contributed by atoms with Crippen molar-refractivity contribution in [2.75, 3.05) is 5.32 Å². The highest BCUT2D eigenvalue weighted by Crippen LogP contribution is 2.03. The SMILES string of the molecule is CC(=O)Nc1ccc(C#N)[n+]([O-])c1. The van der Waals surface area contributed by atoms with Crippen LogP contribution in [-0.4, -0.2) is 5.91 Å². The van der Waals surface area contributed by atoms with Crippen LogP contribution in [0, 0.1) is 16.5 Å². The molecule has 0 aliphatic heterocycles. The largest absolute Gasteiger partial charge is 0.618 e. The van der Waals surface area contributed by atoms with Crippen LogP contribution in [0.2, 0.25) is 0 Å². The summed E-state index contributed by atoms with van der Waals surface area (Å²) < 4.78 is 0.408. The van der Waals surface area contributed by atoms with Crippen LogP contribution in [0.4, 0.5) is 5.69 Å². The van der Waals surface area contributed by atoms with Gasteiger partial charge in [0, 0.05) is 13.0 Å². The van der Waals surface area contributed by atoms with E-state index >= 15 is 0 Å². The maximum Gasteiger partial charge on any atom is 0.294 e. The molecule has 0 unspecified atom stereocenters. The number of nitrogens with zero attached hydrogens (tertiary/aromatic N) is 2. The van der Waals surface area contributed by atoms with Crippen LogP contribution in [0.15, 0.2) is 18.3 Å². The zero-order valence-electron chi connectivity index (χ0n) is 6.94. The average molecular weight is 177 g/mol. The van der Waals surface area contributed by atoms with Gasteiger partial charge in [-0.2, -0.15) is 9.99 Å². The first-order valence-corrected chi connectivity index (χ1v) is 3.54. The summed E-state index contributed by atoms with van der Waals surface area (Å²) in [6.45, 7) is 1.34. The molecule has 5 heteroatoms. The Morgan fingerprint density at radius 1 is 1.69 bits per heavy atom. The van der Waals surface area contributed by atoms with E-state index < -0.39 is 0 Å². The number of hydrogen-bond donors (Lipinski definition) is 1. The molecule has 1 N–H and O–H groups in total. The molecular weight excluding hydrogens is 170 g/mol.